The number of ether oxygens (including phenoxy) is 2. The normalized spacial score (nSPS) is 15.9. The van der Waals surface area contributed by atoms with Gasteiger partial charge in [-0.25, -0.2) is 4.99 Å². The Kier molecular flexibility index (Phi) is 7.98. The maximum Gasteiger partial charge on any atom is 0.266 e. The standard InChI is InChI=1S/C28H27BrN2O3S/c1-18(2)31-27(32)25(35-28(31)30-23-14-8-19(3)9-15-23)16-21-6-5-7-24(33-4)26(21)34-17-20-10-12-22(29)13-11-20/h5-16,18H,17H2,1-4H3/b25-16+,30-28?. The first-order valence-corrected chi connectivity index (χ1v) is 12.9. The van der Waals surface area contributed by atoms with Gasteiger partial charge in [-0.2, -0.15) is 0 Å². The number of carbonyl (C=O) groups is 1. The van der Waals surface area contributed by atoms with E-state index in [4.69, 9.17) is 14.5 Å². The molecule has 1 amide bonds. The summed E-state index contributed by atoms with van der Waals surface area (Å²) in [5.41, 5.74) is 3.79. The van der Waals surface area contributed by atoms with E-state index in [0.29, 0.717) is 28.2 Å². The summed E-state index contributed by atoms with van der Waals surface area (Å²) in [7, 11) is 1.61. The third kappa shape index (κ3) is 5.97. The van der Waals surface area contributed by atoms with Gasteiger partial charge >= 0.3 is 0 Å². The van der Waals surface area contributed by atoms with E-state index in [1.54, 1.807) is 12.0 Å². The second-order valence-electron chi connectivity index (χ2n) is 8.40. The molecule has 35 heavy (non-hydrogen) atoms. The Hall–Kier alpha value is -3.03. The second kappa shape index (κ2) is 11.1. The molecule has 1 fully saturated rings. The van der Waals surface area contributed by atoms with Crippen LogP contribution in [0.1, 0.15) is 30.5 Å². The Bertz CT molecular complexity index is 1270. The highest BCUT2D eigenvalue weighted by molar-refractivity contribution is 9.10. The van der Waals surface area contributed by atoms with Crippen molar-refractivity contribution in [3.63, 3.8) is 0 Å². The van der Waals surface area contributed by atoms with E-state index in [-0.39, 0.29) is 11.9 Å². The lowest BCUT2D eigenvalue weighted by atomic mass is 10.1. The highest BCUT2D eigenvalue weighted by Crippen LogP contribution is 2.39. The summed E-state index contributed by atoms with van der Waals surface area (Å²) in [6.45, 7) is 6.40. The molecule has 1 aliphatic rings. The Morgan fingerprint density at radius 2 is 1.77 bits per heavy atom. The van der Waals surface area contributed by atoms with Crippen molar-refractivity contribution in [2.75, 3.05) is 7.11 Å². The van der Waals surface area contributed by atoms with E-state index < -0.39 is 0 Å². The van der Waals surface area contributed by atoms with Crippen LogP contribution in [-0.4, -0.2) is 29.1 Å². The first kappa shape index (κ1) is 25.1. The number of para-hydroxylation sites is 1. The van der Waals surface area contributed by atoms with Gasteiger partial charge in [0.2, 0.25) is 0 Å². The van der Waals surface area contributed by atoms with Crippen LogP contribution in [0.4, 0.5) is 5.69 Å². The number of methoxy groups -OCH3 is 1. The van der Waals surface area contributed by atoms with Crippen molar-refractivity contribution in [1.29, 1.82) is 0 Å². The van der Waals surface area contributed by atoms with Crippen LogP contribution in [-0.2, 0) is 11.4 Å². The number of benzene rings is 3. The van der Waals surface area contributed by atoms with Gasteiger partial charge in [-0.15, -0.1) is 0 Å². The van der Waals surface area contributed by atoms with Crippen LogP contribution < -0.4 is 9.47 Å². The fraction of sp³-hybridized carbons (Fsp3) is 0.214. The number of rotatable bonds is 7. The van der Waals surface area contributed by atoms with Gasteiger partial charge in [0.25, 0.3) is 5.91 Å². The third-order valence-electron chi connectivity index (χ3n) is 5.42. The van der Waals surface area contributed by atoms with Crippen LogP contribution in [0, 0.1) is 6.92 Å². The lowest BCUT2D eigenvalue weighted by Crippen LogP contribution is -2.35. The Morgan fingerprint density at radius 1 is 1.06 bits per heavy atom. The minimum absolute atomic E-state index is 0.0245. The number of nitrogens with zero attached hydrogens (tertiary/aromatic N) is 2. The molecule has 0 N–H and O–H groups in total. The lowest BCUT2D eigenvalue weighted by molar-refractivity contribution is -0.123. The molecule has 0 bridgehead atoms. The lowest BCUT2D eigenvalue weighted by Gasteiger charge is -2.19. The molecule has 0 aromatic heterocycles. The molecular formula is C28H27BrN2O3S. The zero-order valence-electron chi connectivity index (χ0n) is 20.1. The van der Waals surface area contributed by atoms with Crippen LogP contribution in [0.2, 0.25) is 0 Å². The largest absolute Gasteiger partial charge is 0.493 e. The average Bonchev–Trinajstić information content (AvgIpc) is 3.15. The SMILES string of the molecule is COc1cccc(/C=C2/SC(=Nc3ccc(C)cc3)N(C(C)C)C2=O)c1OCc1ccc(Br)cc1. The zero-order chi connectivity index (χ0) is 24.9. The van der Waals surface area contributed by atoms with Crippen molar-refractivity contribution >= 4 is 50.5 Å². The Labute approximate surface area is 219 Å². The molecule has 7 heteroatoms. The predicted octanol–water partition coefficient (Wildman–Crippen LogP) is 7.36. The van der Waals surface area contributed by atoms with E-state index in [1.807, 2.05) is 93.6 Å². The van der Waals surface area contributed by atoms with Gasteiger partial charge in [0, 0.05) is 16.1 Å². The van der Waals surface area contributed by atoms with Gasteiger partial charge in [-0.05, 0) is 74.5 Å². The molecule has 5 nitrogen and oxygen atoms in total. The topological polar surface area (TPSA) is 51.1 Å². The minimum Gasteiger partial charge on any atom is -0.493 e. The average molecular weight is 552 g/mol. The van der Waals surface area contributed by atoms with Crippen LogP contribution >= 0.6 is 27.7 Å². The molecule has 0 radical (unpaired) electrons. The molecule has 1 aliphatic heterocycles. The summed E-state index contributed by atoms with van der Waals surface area (Å²) in [6, 6.07) is 21.6. The summed E-state index contributed by atoms with van der Waals surface area (Å²) in [5.74, 6) is 1.14. The smallest absolute Gasteiger partial charge is 0.266 e. The van der Waals surface area contributed by atoms with Gasteiger partial charge in [-0.1, -0.05) is 57.9 Å². The molecule has 3 aromatic rings. The summed E-state index contributed by atoms with van der Waals surface area (Å²) in [4.78, 5) is 20.5. The van der Waals surface area contributed by atoms with Crippen molar-refractivity contribution in [2.24, 2.45) is 4.99 Å². The van der Waals surface area contributed by atoms with Gasteiger partial charge in [0.05, 0.1) is 17.7 Å². The number of halogens is 1. The third-order valence-corrected chi connectivity index (χ3v) is 6.94. The number of amides is 1. The van der Waals surface area contributed by atoms with E-state index in [2.05, 4.69) is 15.9 Å². The molecule has 0 aliphatic carbocycles. The molecule has 0 atom stereocenters. The number of amidine groups is 1. The van der Waals surface area contributed by atoms with Gasteiger partial charge < -0.3 is 9.47 Å². The molecule has 1 saturated heterocycles. The van der Waals surface area contributed by atoms with Gasteiger partial charge in [0.15, 0.2) is 16.7 Å². The summed E-state index contributed by atoms with van der Waals surface area (Å²) >= 11 is 4.83. The van der Waals surface area contributed by atoms with Crippen LogP contribution in [0.25, 0.3) is 6.08 Å². The molecule has 1 heterocycles. The summed E-state index contributed by atoms with van der Waals surface area (Å²) in [5, 5.41) is 0.667. The van der Waals surface area contributed by atoms with Crippen LogP contribution in [0.15, 0.2) is 81.1 Å². The monoisotopic (exact) mass is 550 g/mol. The highest BCUT2D eigenvalue weighted by atomic mass is 79.9. The Balaban J connectivity index is 1.66. The summed E-state index contributed by atoms with van der Waals surface area (Å²) in [6.07, 6.45) is 1.86. The quantitative estimate of drug-likeness (QED) is 0.288. The highest BCUT2D eigenvalue weighted by Gasteiger charge is 2.35. The molecule has 0 saturated carbocycles. The van der Waals surface area contributed by atoms with Crippen molar-refractivity contribution < 1.29 is 14.3 Å². The maximum atomic E-state index is 13.4. The van der Waals surface area contributed by atoms with Crippen molar-refractivity contribution in [1.82, 2.24) is 4.90 Å². The molecule has 0 unspecified atom stereocenters. The second-order valence-corrected chi connectivity index (χ2v) is 10.3. The first-order valence-electron chi connectivity index (χ1n) is 11.3. The molecule has 4 rings (SSSR count). The molecule has 3 aromatic carbocycles. The first-order chi connectivity index (χ1) is 16.9. The van der Waals surface area contributed by atoms with E-state index in [1.165, 1.54) is 17.3 Å². The number of carbonyl (C=O) groups excluding carboxylic acids is 1. The minimum atomic E-state index is -0.0717. The number of hydrogen-bond donors (Lipinski definition) is 0. The van der Waals surface area contributed by atoms with Gasteiger partial charge in [0.1, 0.15) is 6.61 Å². The molecular weight excluding hydrogens is 524 g/mol. The Morgan fingerprint density at radius 3 is 2.43 bits per heavy atom. The van der Waals surface area contributed by atoms with Crippen molar-refractivity contribution in [3.05, 3.63) is 92.8 Å². The molecule has 0 spiro atoms. The van der Waals surface area contributed by atoms with Gasteiger partial charge in [-0.3, -0.25) is 9.69 Å². The molecule has 180 valence electrons. The number of aliphatic imine (C=N–C) groups is 1. The summed E-state index contributed by atoms with van der Waals surface area (Å²) < 4.78 is 12.8. The van der Waals surface area contributed by atoms with E-state index in [0.717, 1.165) is 21.3 Å². The number of hydrogen-bond acceptors (Lipinski definition) is 5. The fourth-order valence-corrected chi connectivity index (χ4v) is 4.96. The number of aryl methyl sites for hydroxylation is 1. The fourth-order valence-electron chi connectivity index (χ4n) is 3.59. The van der Waals surface area contributed by atoms with Crippen LogP contribution in [0.3, 0.4) is 0 Å². The van der Waals surface area contributed by atoms with Crippen LogP contribution in [0.5, 0.6) is 11.5 Å². The van der Waals surface area contributed by atoms with Crippen molar-refractivity contribution in [2.45, 2.75) is 33.4 Å². The van der Waals surface area contributed by atoms with E-state index in [9.17, 15) is 4.79 Å². The number of thioether (sulfide) groups is 1. The maximum absolute atomic E-state index is 13.4. The zero-order valence-corrected chi connectivity index (χ0v) is 22.5. The van der Waals surface area contributed by atoms with Crippen molar-refractivity contribution in [3.8, 4) is 11.5 Å². The van der Waals surface area contributed by atoms with E-state index >= 15 is 0 Å². The predicted molar refractivity (Wildman–Crippen MR) is 147 cm³/mol.